The predicted octanol–water partition coefficient (Wildman–Crippen LogP) is 7.98. The van der Waals surface area contributed by atoms with Crippen molar-refractivity contribution >= 4 is 38.8 Å². The fourth-order valence-corrected chi connectivity index (χ4v) is 6.63. The van der Waals surface area contributed by atoms with Crippen molar-refractivity contribution in [1.82, 2.24) is 14.4 Å². The van der Waals surface area contributed by atoms with Gasteiger partial charge in [-0.2, -0.15) is 0 Å². The second-order valence-corrected chi connectivity index (χ2v) is 10.5. The van der Waals surface area contributed by atoms with Gasteiger partial charge in [0, 0.05) is 40.3 Å². The lowest BCUT2D eigenvalue weighted by molar-refractivity contribution is 0.769. The Morgan fingerprint density at radius 1 is 0.658 bits per heavy atom. The van der Waals surface area contributed by atoms with Crippen molar-refractivity contribution < 1.29 is 0 Å². The Morgan fingerprint density at radius 2 is 1.32 bits per heavy atom. The van der Waals surface area contributed by atoms with E-state index in [0.717, 1.165) is 5.69 Å². The number of aromatic nitrogens is 3. The first-order chi connectivity index (χ1) is 18.7. The average Bonchev–Trinajstić information content (AvgIpc) is 3.59. The fraction of sp³-hybridized carbons (Fsp3) is 0.0857. The van der Waals surface area contributed by atoms with E-state index in [9.17, 15) is 0 Å². The molecule has 38 heavy (non-hydrogen) atoms. The summed E-state index contributed by atoms with van der Waals surface area (Å²) in [6.07, 6.45) is 8.32. The highest BCUT2D eigenvalue weighted by atomic mass is 15.0. The Hall–Kier alpha value is -4.76. The zero-order valence-electron chi connectivity index (χ0n) is 21.3. The molecular formula is C35H25N3. The maximum Gasteiger partial charge on any atom is 0.0884 e. The molecular weight excluding hydrogens is 462 g/mol. The molecule has 1 aliphatic rings. The third-order valence-electron chi connectivity index (χ3n) is 8.30. The zero-order valence-corrected chi connectivity index (χ0v) is 21.3. The summed E-state index contributed by atoms with van der Waals surface area (Å²) < 4.78 is 2.50. The number of rotatable bonds is 3. The molecule has 0 N–H and O–H groups in total. The molecule has 0 atom stereocenters. The maximum absolute atomic E-state index is 4.90. The van der Waals surface area contributed by atoms with Crippen molar-refractivity contribution in [2.24, 2.45) is 0 Å². The molecule has 7 aromatic rings. The number of hydrogen-bond donors (Lipinski definition) is 0. The van der Waals surface area contributed by atoms with Gasteiger partial charge in [-0.05, 0) is 54.8 Å². The summed E-state index contributed by atoms with van der Waals surface area (Å²) in [6.45, 7) is 4.30. The lowest BCUT2D eigenvalue weighted by atomic mass is 9.67. The summed E-state index contributed by atoms with van der Waals surface area (Å²) in [7, 11) is 0. The van der Waals surface area contributed by atoms with Crippen molar-refractivity contribution in [3.8, 4) is 0 Å². The topological polar surface area (TPSA) is 30.2 Å². The molecule has 0 fully saturated rings. The minimum Gasteiger partial charge on any atom is -0.310 e. The Balaban J connectivity index is 1.63. The first kappa shape index (κ1) is 21.3. The van der Waals surface area contributed by atoms with Crippen LogP contribution < -0.4 is 0 Å². The number of fused-ring (bicyclic) bond motifs is 6. The normalized spacial score (nSPS) is 14.4. The SMILES string of the molecule is Cc1ccc(C2(c3ccc(C)cc3)C(c3ccccn3)=Cc3c2n2c4ccccc4c4cncc3c42)cc1. The van der Waals surface area contributed by atoms with E-state index in [1.807, 2.05) is 24.7 Å². The standard InChI is InChI=1S/C35H25N3/c1-22-10-14-24(15-11-22)35(25-16-12-23(2)13-17-25)30(31-8-5-6-18-37-31)19-27-29-21-36-20-28-26-7-3-4-9-32(26)38(33(28)29)34(27)35/h3-21H,1-2H3. The summed E-state index contributed by atoms with van der Waals surface area (Å²) in [4.78, 5) is 9.63. The number of benzene rings is 3. The molecule has 0 saturated heterocycles. The molecule has 0 bridgehead atoms. The van der Waals surface area contributed by atoms with E-state index in [4.69, 9.17) is 9.97 Å². The van der Waals surface area contributed by atoms with Crippen LogP contribution >= 0.6 is 0 Å². The lowest BCUT2D eigenvalue weighted by Crippen LogP contribution is -2.31. The summed E-state index contributed by atoms with van der Waals surface area (Å²) >= 11 is 0. The van der Waals surface area contributed by atoms with Crippen LogP contribution in [0.15, 0.2) is 110 Å². The van der Waals surface area contributed by atoms with E-state index >= 15 is 0 Å². The van der Waals surface area contributed by atoms with E-state index in [0.29, 0.717) is 0 Å². The van der Waals surface area contributed by atoms with Crippen molar-refractivity contribution in [1.29, 1.82) is 0 Å². The predicted molar refractivity (Wildman–Crippen MR) is 156 cm³/mol. The van der Waals surface area contributed by atoms with E-state index in [1.165, 1.54) is 66.3 Å². The molecule has 0 saturated carbocycles. The molecule has 4 aromatic heterocycles. The maximum atomic E-state index is 4.90. The van der Waals surface area contributed by atoms with Gasteiger partial charge in [0.05, 0.1) is 27.8 Å². The summed E-state index contributed by atoms with van der Waals surface area (Å²) in [5, 5.41) is 3.61. The minimum absolute atomic E-state index is 0.557. The van der Waals surface area contributed by atoms with Crippen molar-refractivity contribution in [2.75, 3.05) is 0 Å². The van der Waals surface area contributed by atoms with Gasteiger partial charge in [0.15, 0.2) is 0 Å². The molecule has 3 heteroatoms. The number of hydrogen-bond acceptors (Lipinski definition) is 2. The number of pyridine rings is 2. The number of aryl methyl sites for hydroxylation is 2. The second kappa shape index (κ2) is 7.62. The third-order valence-corrected chi connectivity index (χ3v) is 8.30. The van der Waals surface area contributed by atoms with Gasteiger partial charge in [-0.1, -0.05) is 83.9 Å². The summed E-state index contributed by atoms with van der Waals surface area (Å²) in [5.41, 5.74) is 11.5. The van der Waals surface area contributed by atoms with E-state index in [-0.39, 0.29) is 0 Å². The summed E-state index contributed by atoms with van der Waals surface area (Å²) in [6, 6.07) is 33.0. The molecule has 8 rings (SSSR count). The van der Waals surface area contributed by atoms with Gasteiger partial charge < -0.3 is 4.40 Å². The van der Waals surface area contributed by atoms with Crippen LogP contribution in [0.5, 0.6) is 0 Å². The minimum atomic E-state index is -0.557. The number of allylic oxidation sites excluding steroid dienone is 1. The molecule has 3 aromatic carbocycles. The van der Waals surface area contributed by atoms with Gasteiger partial charge in [-0.15, -0.1) is 0 Å². The highest BCUT2D eigenvalue weighted by molar-refractivity contribution is 6.19. The molecule has 0 amide bonds. The Morgan fingerprint density at radius 3 is 2.00 bits per heavy atom. The molecule has 4 heterocycles. The van der Waals surface area contributed by atoms with Crippen LogP contribution in [0.4, 0.5) is 0 Å². The molecule has 0 spiro atoms. The molecule has 1 aliphatic carbocycles. The Bertz CT molecular complexity index is 1970. The van der Waals surface area contributed by atoms with Crippen molar-refractivity contribution in [3.63, 3.8) is 0 Å². The fourth-order valence-electron chi connectivity index (χ4n) is 6.63. The quantitative estimate of drug-likeness (QED) is 0.253. The van der Waals surface area contributed by atoms with Crippen LogP contribution in [0, 0.1) is 13.8 Å². The number of para-hydroxylation sites is 1. The first-order valence-electron chi connectivity index (χ1n) is 13.1. The number of nitrogens with zero attached hydrogens (tertiary/aromatic N) is 3. The van der Waals surface area contributed by atoms with Crippen LogP contribution in [0.25, 0.3) is 38.8 Å². The molecule has 180 valence electrons. The van der Waals surface area contributed by atoms with Gasteiger partial charge in [0.1, 0.15) is 0 Å². The van der Waals surface area contributed by atoms with Crippen molar-refractivity contribution in [2.45, 2.75) is 19.3 Å². The first-order valence-corrected chi connectivity index (χ1v) is 13.1. The van der Waals surface area contributed by atoms with E-state index < -0.39 is 5.41 Å². The van der Waals surface area contributed by atoms with Crippen molar-refractivity contribution in [3.05, 3.63) is 149 Å². The zero-order chi connectivity index (χ0) is 25.4. The highest BCUT2D eigenvalue weighted by Crippen LogP contribution is 2.58. The average molecular weight is 488 g/mol. The smallest absolute Gasteiger partial charge is 0.0884 e. The van der Waals surface area contributed by atoms with Gasteiger partial charge >= 0.3 is 0 Å². The molecule has 0 aliphatic heterocycles. The largest absolute Gasteiger partial charge is 0.310 e. The Kier molecular flexibility index (Phi) is 4.28. The lowest BCUT2D eigenvalue weighted by Gasteiger charge is -2.35. The second-order valence-electron chi connectivity index (χ2n) is 10.5. The van der Waals surface area contributed by atoms with Crippen LogP contribution in [0.3, 0.4) is 0 Å². The third kappa shape index (κ3) is 2.63. The Labute approximate surface area is 221 Å². The van der Waals surface area contributed by atoms with Crippen LogP contribution in [-0.2, 0) is 5.41 Å². The van der Waals surface area contributed by atoms with E-state index in [2.05, 4.69) is 109 Å². The van der Waals surface area contributed by atoms with E-state index in [1.54, 1.807) is 0 Å². The van der Waals surface area contributed by atoms with Gasteiger partial charge in [0.2, 0.25) is 0 Å². The highest BCUT2D eigenvalue weighted by Gasteiger charge is 2.49. The monoisotopic (exact) mass is 487 g/mol. The van der Waals surface area contributed by atoms with Gasteiger partial charge in [-0.25, -0.2) is 0 Å². The summed E-state index contributed by atoms with van der Waals surface area (Å²) in [5.74, 6) is 0. The van der Waals surface area contributed by atoms with Crippen LogP contribution in [0.1, 0.15) is 39.2 Å². The molecule has 0 unspecified atom stereocenters. The van der Waals surface area contributed by atoms with Gasteiger partial charge in [0.25, 0.3) is 0 Å². The van der Waals surface area contributed by atoms with Gasteiger partial charge in [-0.3, -0.25) is 9.97 Å². The van der Waals surface area contributed by atoms with Crippen LogP contribution in [-0.4, -0.2) is 14.4 Å². The molecule has 0 radical (unpaired) electrons. The molecule has 3 nitrogen and oxygen atoms in total. The van der Waals surface area contributed by atoms with Crippen LogP contribution in [0.2, 0.25) is 0 Å².